The van der Waals surface area contributed by atoms with Gasteiger partial charge in [0.2, 0.25) is 0 Å². The number of nitrogens with one attached hydrogen (secondary N) is 1. The molecule has 138 valence electrons. The van der Waals surface area contributed by atoms with Crippen molar-refractivity contribution in [2.75, 3.05) is 26.2 Å². The van der Waals surface area contributed by atoms with Gasteiger partial charge < -0.3 is 14.8 Å². The van der Waals surface area contributed by atoms with Gasteiger partial charge in [-0.15, -0.1) is 0 Å². The standard InChI is InChI=1S/C21H20ClN3O2/c1-14-17-7-2-3-8-18(17)23-19(14)21(27)25-11-9-24(10-12-25)20(26)15-5-4-6-16(22)13-15/h2-8,13,23H,9-12H2,1H3. The minimum absolute atomic E-state index is 0.0152. The van der Waals surface area contributed by atoms with Gasteiger partial charge in [0.1, 0.15) is 5.69 Å². The Bertz CT molecular complexity index is 1020. The molecule has 6 heteroatoms. The fourth-order valence-electron chi connectivity index (χ4n) is 3.57. The number of aromatic nitrogens is 1. The Labute approximate surface area is 162 Å². The molecule has 1 aliphatic rings. The van der Waals surface area contributed by atoms with Gasteiger partial charge in [0.25, 0.3) is 11.8 Å². The van der Waals surface area contributed by atoms with E-state index in [-0.39, 0.29) is 11.8 Å². The van der Waals surface area contributed by atoms with E-state index in [1.807, 2.05) is 31.2 Å². The largest absolute Gasteiger partial charge is 0.350 e. The number of benzene rings is 2. The molecule has 0 radical (unpaired) electrons. The number of aryl methyl sites for hydroxylation is 1. The topological polar surface area (TPSA) is 56.4 Å². The van der Waals surface area contributed by atoms with Crippen molar-refractivity contribution in [3.8, 4) is 0 Å². The number of rotatable bonds is 2. The molecule has 2 amide bonds. The van der Waals surface area contributed by atoms with Gasteiger partial charge in [-0.2, -0.15) is 0 Å². The lowest BCUT2D eigenvalue weighted by Crippen LogP contribution is -2.50. The molecule has 0 saturated carbocycles. The molecule has 0 unspecified atom stereocenters. The van der Waals surface area contributed by atoms with E-state index in [4.69, 9.17) is 11.6 Å². The summed E-state index contributed by atoms with van der Waals surface area (Å²) < 4.78 is 0. The van der Waals surface area contributed by atoms with E-state index in [1.165, 1.54) is 0 Å². The maximum atomic E-state index is 13.0. The number of carbonyl (C=O) groups excluding carboxylic acids is 2. The molecular weight excluding hydrogens is 362 g/mol. The van der Waals surface area contributed by atoms with E-state index >= 15 is 0 Å². The first-order valence-electron chi connectivity index (χ1n) is 8.96. The van der Waals surface area contributed by atoms with Gasteiger partial charge in [0.05, 0.1) is 0 Å². The van der Waals surface area contributed by atoms with Crippen LogP contribution in [0.1, 0.15) is 26.4 Å². The Balaban J connectivity index is 1.46. The van der Waals surface area contributed by atoms with Gasteiger partial charge in [-0.1, -0.05) is 35.9 Å². The van der Waals surface area contributed by atoms with Crippen molar-refractivity contribution >= 4 is 34.3 Å². The van der Waals surface area contributed by atoms with Gasteiger partial charge in [-0.25, -0.2) is 0 Å². The van der Waals surface area contributed by atoms with E-state index in [0.29, 0.717) is 42.5 Å². The molecule has 0 spiro atoms. The molecule has 1 saturated heterocycles. The summed E-state index contributed by atoms with van der Waals surface area (Å²) in [5.74, 6) is -0.0649. The second-order valence-electron chi connectivity index (χ2n) is 6.77. The van der Waals surface area contributed by atoms with Crippen LogP contribution in [0, 0.1) is 6.92 Å². The molecular formula is C21H20ClN3O2. The quantitative estimate of drug-likeness (QED) is 0.735. The lowest BCUT2D eigenvalue weighted by molar-refractivity contribution is 0.0532. The predicted molar refractivity (Wildman–Crippen MR) is 106 cm³/mol. The van der Waals surface area contributed by atoms with E-state index < -0.39 is 0 Å². The normalized spacial score (nSPS) is 14.6. The summed E-state index contributed by atoms with van der Waals surface area (Å²) in [6.07, 6.45) is 0. The number of H-pyrrole nitrogens is 1. The Hall–Kier alpha value is -2.79. The summed E-state index contributed by atoms with van der Waals surface area (Å²) >= 11 is 5.98. The van der Waals surface area contributed by atoms with E-state index in [9.17, 15) is 9.59 Å². The minimum atomic E-state index is -0.0496. The summed E-state index contributed by atoms with van der Waals surface area (Å²) in [6.45, 7) is 4.01. The smallest absolute Gasteiger partial charge is 0.270 e. The summed E-state index contributed by atoms with van der Waals surface area (Å²) in [7, 11) is 0. The molecule has 5 nitrogen and oxygen atoms in total. The highest BCUT2D eigenvalue weighted by molar-refractivity contribution is 6.30. The van der Waals surface area contributed by atoms with Crippen LogP contribution in [-0.4, -0.2) is 52.8 Å². The van der Waals surface area contributed by atoms with E-state index in [1.54, 1.807) is 34.1 Å². The average Bonchev–Trinajstić information content (AvgIpc) is 3.04. The number of hydrogen-bond acceptors (Lipinski definition) is 2. The van der Waals surface area contributed by atoms with Gasteiger partial charge in [0.15, 0.2) is 0 Å². The molecule has 0 aliphatic carbocycles. The Kier molecular flexibility index (Phi) is 4.62. The highest BCUT2D eigenvalue weighted by atomic mass is 35.5. The fraction of sp³-hybridized carbons (Fsp3) is 0.238. The molecule has 27 heavy (non-hydrogen) atoms. The summed E-state index contributed by atoms with van der Waals surface area (Å²) in [5, 5.41) is 1.61. The zero-order valence-electron chi connectivity index (χ0n) is 15.0. The van der Waals surface area contributed by atoms with Crippen LogP contribution in [0.3, 0.4) is 0 Å². The van der Waals surface area contributed by atoms with E-state index in [2.05, 4.69) is 4.98 Å². The maximum Gasteiger partial charge on any atom is 0.270 e. The third-order valence-corrected chi connectivity index (χ3v) is 5.34. The molecule has 3 aromatic rings. The highest BCUT2D eigenvalue weighted by Crippen LogP contribution is 2.23. The molecule has 0 bridgehead atoms. The van der Waals surface area contributed by atoms with Crippen LogP contribution in [0.25, 0.3) is 10.9 Å². The first-order valence-corrected chi connectivity index (χ1v) is 9.34. The Morgan fingerprint density at radius 2 is 1.59 bits per heavy atom. The fourth-order valence-corrected chi connectivity index (χ4v) is 3.76. The lowest BCUT2D eigenvalue weighted by atomic mass is 10.1. The van der Waals surface area contributed by atoms with Crippen molar-refractivity contribution < 1.29 is 9.59 Å². The van der Waals surface area contributed by atoms with E-state index in [0.717, 1.165) is 16.5 Å². The Morgan fingerprint density at radius 3 is 2.26 bits per heavy atom. The van der Waals surface area contributed by atoms with Gasteiger partial charge >= 0.3 is 0 Å². The number of carbonyl (C=O) groups is 2. The zero-order chi connectivity index (χ0) is 19.0. The number of halogens is 1. The summed E-state index contributed by atoms with van der Waals surface area (Å²) in [5.41, 5.74) is 3.14. The van der Waals surface area contributed by atoms with Crippen LogP contribution in [-0.2, 0) is 0 Å². The second kappa shape index (κ2) is 7.08. The SMILES string of the molecule is Cc1c(C(=O)N2CCN(C(=O)c3cccc(Cl)c3)CC2)[nH]c2ccccc12. The number of nitrogens with zero attached hydrogens (tertiary/aromatic N) is 2. The number of hydrogen-bond donors (Lipinski definition) is 1. The third-order valence-electron chi connectivity index (χ3n) is 5.11. The molecule has 4 rings (SSSR count). The number of piperazine rings is 1. The Morgan fingerprint density at radius 1 is 0.926 bits per heavy atom. The predicted octanol–water partition coefficient (Wildman–Crippen LogP) is 3.73. The van der Waals surface area contributed by atoms with Crippen molar-refractivity contribution in [1.82, 2.24) is 14.8 Å². The van der Waals surface area contributed by atoms with Crippen molar-refractivity contribution in [1.29, 1.82) is 0 Å². The van der Waals surface area contributed by atoms with Crippen molar-refractivity contribution in [2.45, 2.75) is 6.92 Å². The molecule has 2 aromatic carbocycles. The first-order chi connectivity index (χ1) is 13.0. The van der Waals surface area contributed by atoms with Crippen LogP contribution in [0.5, 0.6) is 0 Å². The van der Waals surface area contributed by atoms with Gasteiger partial charge in [-0.3, -0.25) is 9.59 Å². The molecule has 1 aromatic heterocycles. The average molecular weight is 382 g/mol. The van der Waals surface area contributed by atoms with Gasteiger partial charge in [0, 0.05) is 47.7 Å². The molecule has 0 atom stereocenters. The monoisotopic (exact) mass is 381 g/mol. The second-order valence-corrected chi connectivity index (χ2v) is 7.20. The zero-order valence-corrected chi connectivity index (χ0v) is 15.8. The first kappa shape index (κ1) is 17.6. The number of amides is 2. The number of para-hydroxylation sites is 1. The van der Waals surface area contributed by atoms with Crippen molar-refractivity contribution in [3.63, 3.8) is 0 Å². The number of aromatic amines is 1. The lowest BCUT2D eigenvalue weighted by Gasteiger charge is -2.34. The number of fused-ring (bicyclic) bond motifs is 1. The maximum absolute atomic E-state index is 13.0. The van der Waals surface area contributed by atoms with Gasteiger partial charge in [-0.05, 0) is 36.8 Å². The van der Waals surface area contributed by atoms with Crippen LogP contribution in [0.2, 0.25) is 5.02 Å². The minimum Gasteiger partial charge on any atom is -0.350 e. The third kappa shape index (κ3) is 3.30. The van der Waals surface area contributed by atoms with Crippen molar-refractivity contribution in [2.24, 2.45) is 0 Å². The van der Waals surface area contributed by atoms with Crippen molar-refractivity contribution in [3.05, 3.63) is 70.4 Å². The summed E-state index contributed by atoms with van der Waals surface area (Å²) in [4.78, 5) is 32.4. The summed E-state index contributed by atoms with van der Waals surface area (Å²) in [6, 6.07) is 14.9. The van der Waals surface area contributed by atoms with Crippen LogP contribution in [0.15, 0.2) is 48.5 Å². The molecule has 1 N–H and O–H groups in total. The highest BCUT2D eigenvalue weighted by Gasteiger charge is 2.27. The molecule has 1 fully saturated rings. The van der Waals surface area contributed by atoms with Crippen LogP contribution >= 0.6 is 11.6 Å². The molecule has 1 aliphatic heterocycles. The molecule has 2 heterocycles. The van der Waals surface area contributed by atoms with Crippen LogP contribution in [0.4, 0.5) is 0 Å². The van der Waals surface area contributed by atoms with Crippen LogP contribution < -0.4 is 0 Å².